The molecule has 2 heterocycles. The number of likely N-dealkylation sites (N-methyl/N-ethyl adjacent to an activating group) is 1. The van der Waals surface area contributed by atoms with E-state index in [9.17, 15) is 24.3 Å². The highest BCUT2D eigenvalue weighted by molar-refractivity contribution is 5.99. The van der Waals surface area contributed by atoms with Gasteiger partial charge in [0, 0.05) is 31.1 Å². The highest BCUT2D eigenvalue weighted by Gasteiger charge is 2.42. The van der Waals surface area contributed by atoms with E-state index in [-0.39, 0.29) is 18.1 Å². The molecule has 1 aliphatic heterocycles. The summed E-state index contributed by atoms with van der Waals surface area (Å²) in [5.41, 5.74) is 6.78. The molecule has 11 nitrogen and oxygen atoms in total. The van der Waals surface area contributed by atoms with E-state index in [1.165, 1.54) is 11.3 Å². The van der Waals surface area contributed by atoms with E-state index in [4.69, 9.17) is 5.73 Å². The number of nitrogens with one attached hydrogen (secondary N) is 2. The van der Waals surface area contributed by atoms with Crippen molar-refractivity contribution in [1.29, 1.82) is 0 Å². The summed E-state index contributed by atoms with van der Waals surface area (Å²) >= 11 is 0. The van der Waals surface area contributed by atoms with Gasteiger partial charge in [-0.05, 0) is 69.6 Å². The second kappa shape index (κ2) is 16.1. The molecule has 1 saturated heterocycles. The minimum atomic E-state index is -1.29. The van der Waals surface area contributed by atoms with Crippen LogP contribution in [0.25, 0.3) is 10.9 Å². The Morgan fingerprint density at radius 3 is 2.36 bits per heavy atom. The number of amides is 4. The van der Waals surface area contributed by atoms with E-state index in [1.54, 1.807) is 25.2 Å². The summed E-state index contributed by atoms with van der Waals surface area (Å²) in [5.74, 6) is -1.08. The lowest BCUT2D eigenvalue weighted by atomic mass is 9.72. The molecule has 11 heteroatoms. The molecule has 6 atom stereocenters. The summed E-state index contributed by atoms with van der Waals surface area (Å²) in [6.07, 6.45) is 4.09. The number of piperidine rings is 1. The number of aliphatic hydroxyl groups excluding tert-OH is 1. The molecule has 5 rings (SSSR count). The topological polar surface area (TPSA) is 158 Å². The van der Waals surface area contributed by atoms with Gasteiger partial charge in [-0.15, -0.1) is 0 Å². The molecule has 2 aromatic carbocycles. The third-order valence-corrected chi connectivity index (χ3v) is 10.1. The molecule has 1 aliphatic carbocycles. The fourth-order valence-electron chi connectivity index (χ4n) is 7.61. The number of hydrogen-bond acceptors (Lipinski definition) is 7. The van der Waals surface area contributed by atoms with Gasteiger partial charge in [-0.1, -0.05) is 73.9 Å². The van der Waals surface area contributed by atoms with Crippen molar-refractivity contribution in [2.45, 2.75) is 95.5 Å². The normalized spacial score (nSPS) is 21.3. The third-order valence-electron chi connectivity index (χ3n) is 10.1. The number of fused-ring (bicyclic) bond motifs is 2. The number of pyridine rings is 1. The monoisotopic (exact) mass is 684 g/mol. The molecule has 0 bridgehead atoms. The van der Waals surface area contributed by atoms with Crippen LogP contribution in [0.3, 0.4) is 0 Å². The second-order valence-electron chi connectivity index (χ2n) is 15.1. The van der Waals surface area contributed by atoms with Crippen molar-refractivity contribution in [3.63, 3.8) is 0 Å². The minimum Gasteiger partial charge on any atom is -0.390 e. The van der Waals surface area contributed by atoms with Crippen molar-refractivity contribution in [3.8, 4) is 0 Å². The van der Waals surface area contributed by atoms with Crippen molar-refractivity contribution in [2.75, 3.05) is 20.1 Å². The van der Waals surface area contributed by atoms with Gasteiger partial charge in [0.05, 0.1) is 30.1 Å². The van der Waals surface area contributed by atoms with Crippen LogP contribution in [0.15, 0.2) is 66.7 Å². The summed E-state index contributed by atoms with van der Waals surface area (Å²) in [7, 11) is 1.57. The van der Waals surface area contributed by atoms with Gasteiger partial charge >= 0.3 is 0 Å². The van der Waals surface area contributed by atoms with Gasteiger partial charge in [-0.25, -0.2) is 4.98 Å². The summed E-state index contributed by atoms with van der Waals surface area (Å²) in [5, 5.41) is 18.7. The predicted octanol–water partition coefficient (Wildman–Crippen LogP) is 3.43. The van der Waals surface area contributed by atoms with Crippen molar-refractivity contribution in [1.82, 2.24) is 25.4 Å². The summed E-state index contributed by atoms with van der Waals surface area (Å²) in [4.78, 5) is 61.4. The van der Waals surface area contributed by atoms with Crippen LogP contribution in [0.5, 0.6) is 0 Å². The minimum absolute atomic E-state index is 0.0516. The number of rotatable bonds is 12. The Bertz CT molecular complexity index is 1660. The SMILES string of the molecule is CN(C(=O)[C@H](CC(N)=O)NC(=O)c1ccc2ccccc2n1)[C@@H](Cc1ccccc1)[C@H](O)CN1CC2CCCCC2C[C@H]1C(=O)NC(C)(C)C. The Kier molecular flexibility index (Phi) is 11.9. The second-order valence-corrected chi connectivity index (χ2v) is 15.1. The maximum absolute atomic E-state index is 14.2. The Morgan fingerprint density at radius 1 is 0.980 bits per heavy atom. The summed E-state index contributed by atoms with van der Waals surface area (Å²) in [6, 6.07) is 17.8. The zero-order chi connectivity index (χ0) is 36.0. The van der Waals surface area contributed by atoms with E-state index >= 15 is 0 Å². The molecule has 2 fully saturated rings. The molecule has 2 aliphatic rings. The van der Waals surface area contributed by atoms with Gasteiger partial charge in [-0.2, -0.15) is 0 Å². The number of carbonyl (C=O) groups is 4. The lowest BCUT2D eigenvalue weighted by molar-refractivity contribution is -0.140. The van der Waals surface area contributed by atoms with Crippen LogP contribution in [0.1, 0.15) is 75.3 Å². The molecule has 4 amide bonds. The van der Waals surface area contributed by atoms with E-state index in [2.05, 4.69) is 20.5 Å². The lowest BCUT2D eigenvalue weighted by Crippen LogP contribution is -2.61. The lowest BCUT2D eigenvalue weighted by Gasteiger charge is -2.47. The van der Waals surface area contributed by atoms with E-state index < -0.39 is 53.9 Å². The standard InChI is InChI=1S/C39H52N6O5/c1-39(2,3)43-37(49)33-21-27-15-8-9-16-28(27)23-45(33)24-34(46)32(20-25-12-6-5-7-13-25)44(4)38(50)31(22-35(40)47)42-36(48)30-19-18-26-14-10-11-17-29(26)41-30/h5-7,10-14,17-19,27-28,31-34,46H,8-9,15-16,20-24H2,1-4H3,(H2,40,47)(H,42,48)(H,43,49)/t27?,28?,31-,32-,33-,34+/m0/s1. The van der Waals surface area contributed by atoms with Gasteiger partial charge < -0.3 is 26.4 Å². The Balaban J connectivity index is 1.39. The van der Waals surface area contributed by atoms with Crippen molar-refractivity contribution in [2.24, 2.45) is 17.6 Å². The van der Waals surface area contributed by atoms with Gasteiger partial charge in [0.1, 0.15) is 11.7 Å². The molecule has 50 heavy (non-hydrogen) atoms. The first-order valence-electron chi connectivity index (χ1n) is 17.8. The van der Waals surface area contributed by atoms with Crippen LogP contribution in [0.2, 0.25) is 0 Å². The smallest absolute Gasteiger partial charge is 0.270 e. The summed E-state index contributed by atoms with van der Waals surface area (Å²) < 4.78 is 0. The third kappa shape index (κ3) is 9.45. The van der Waals surface area contributed by atoms with Gasteiger partial charge in [0.15, 0.2) is 0 Å². The van der Waals surface area contributed by atoms with Crippen LogP contribution in [-0.2, 0) is 20.8 Å². The molecular formula is C39H52N6O5. The van der Waals surface area contributed by atoms with Crippen LogP contribution < -0.4 is 16.4 Å². The number of nitrogens with two attached hydrogens (primary N) is 1. The number of nitrogens with zero attached hydrogens (tertiary/aromatic N) is 3. The predicted molar refractivity (Wildman–Crippen MR) is 193 cm³/mol. The molecule has 2 unspecified atom stereocenters. The summed E-state index contributed by atoms with van der Waals surface area (Å²) in [6.45, 7) is 6.76. The van der Waals surface area contributed by atoms with Crippen LogP contribution in [0, 0.1) is 11.8 Å². The molecule has 3 aromatic rings. The molecule has 5 N–H and O–H groups in total. The first-order chi connectivity index (χ1) is 23.8. The van der Waals surface area contributed by atoms with E-state index in [1.807, 2.05) is 69.3 Å². The maximum Gasteiger partial charge on any atom is 0.270 e. The Morgan fingerprint density at radius 2 is 1.66 bits per heavy atom. The van der Waals surface area contributed by atoms with Gasteiger partial charge in [0.2, 0.25) is 17.7 Å². The highest BCUT2D eigenvalue weighted by atomic mass is 16.3. The fourth-order valence-corrected chi connectivity index (χ4v) is 7.61. The quantitative estimate of drug-likeness (QED) is 0.228. The number of aliphatic hydroxyl groups is 1. The first-order valence-corrected chi connectivity index (χ1v) is 17.8. The number of hydrogen-bond donors (Lipinski definition) is 4. The molecular weight excluding hydrogens is 632 g/mol. The molecule has 1 aromatic heterocycles. The average Bonchev–Trinajstić information content (AvgIpc) is 3.08. The van der Waals surface area contributed by atoms with E-state index in [0.717, 1.165) is 36.6 Å². The highest BCUT2D eigenvalue weighted by Crippen LogP contribution is 2.39. The molecule has 0 radical (unpaired) electrons. The Hall–Kier alpha value is -4.35. The largest absolute Gasteiger partial charge is 0.390 e. The zero-order valence-electron chi connectivity index (χ0n) is 29.7. The van der Waals surface area contributed by atoms with Crippen molar-refractivity contribution in [3.05, 3.63) is 78.0 Å². The maximum atomic E-state index is 14.2. The number of primary amides is 1. The Labute approximate surface area is 295 Å². The average molecular weight is 685 g/mol. The van der Waals surface area contributed by atoms with Crippen LogP contribution in [-0.4, -0.2) is 93.4 Å². The van der Waals surface area contributed by atoms with Gasteiger partial charge in [-0.3, -0.25) is 24.1 Å². The zero-order valence-corrected chi connectivity index (χ0v) is 29.7. The molecule has 0 spiro atoms. The van der Waals surface area contributed by atoms with Gasteiger partial charge in [0.25, 0.3) is 5.91 Å². The van der Waals surface area contributed by atoms with Crippen molar-refractivity contribution >= 4 is 34.5 Å². The molecule has 268 valence electrons. The van der Waals surface area contributed by atoms with E-state index in [0.29, 0.717) is 30.3 Å². The number of carbonyl (C=O) groups excluding carboxylic acids is 4. The van der Waals surface area contributed by atoms with Crippen LogP contribution in [0.4, 0.5) is 0 Å². The van der Waals surface area contributed by atoms with Crippen molar-refractivity contribution < 1.29 is 24.3 Å². The fraction of sp³-hybridized carbons (Fsp3) is 0.513. The number of likely N-dealkylation sites (tertiary alicyclic amines) is 1. The number of para-hydroxylation sites is 1. The first kappa shape index (κ1) is 36.9. The molecule has 1 saturated carbocycles. The number of β-amino-alcohol motifs (C(OH)–C–C–N with tert-alkyl or cyclic N) is 1. The number of aromatic nitrogens is 1. The number of benzene rings is 2. The van der Waals surface area contributed by atoms with Crippen LogP contribution >= 0.6 is 0 Å².